The average Bonchev–Trinajstić information content (AvgIpc) is 2.98. The molecule has 1 aromatic heterocycles. The monoisotopic (exact) mass is 370 g/mol. The van der Waals surface area contributed by atoms with Gasteiger partial charge in [0, 0.05) is 36.1 Å². The summed E-state index contributed by atoms with van der Waals surface area (Å²) in [6.07, 6.45) is -0.162. The summed E-state index contributed by atoms with van der Waals surface area (Å²) in [5.41, 5.74) is 4.07. The molecule has 0 saturated heterocycles. The van der Waals surface area contributed by atoms with Gasteiger partial charge in [-0.2, -0.15) is 5.10 Å². The Hall–Kier alpha value is -2.67. The maximum atomic E-state index is 12.4. The second kappa shape index (κ2) is 7.92. The number of nitrogens with zero attached hydrogens (tertiary/aromatic N) is 3. The van der Waals surface area contributed by atoms with Crippen LogP contribution in [0.4, 0.5) is 11.4 Å². The molecule has 7 nitrogen and oxygen atoms in total. The molecule has 7 heteroatoms. The van der Waals surface area contributed by atoms with Crippen LogP contribution in [0.2, 0.25) is 0 Å². The maximum Gasteiger partial charge on any atom is 0.267 e. The summed E-state index contributed by atoms with van der Waals surface area (Å²) in [4.78, 5) is 26.9. The molecular weight excluding hydrogens is 344 g/mol. The zero-order chi connectivity index (χ0) is 19.6. The van der Waals surface area contributed by atoms with Gasteiger partial charge in [-0.05, 0) is 51.5 Å². The van der Waals surface area contributed by atoms with Crippen LogP contribution in [0.3, 0.4) is 0 Å². The first kappa shape index (κ1) is 19.1. The number of benzene rings is 1. The van der Waals surface area contributed by atoms with E-state index in [0.29, 0.717) is 6.61 Å². The largest absolute Gasteiger partial charge is 0.372 e. The highest BCUT2D eigenvalue weighted by Crippen LogP contribution is 2.26. The van der Waals surface area contributed by atoms with Crippen molar-refractivity contribution in [3.8, 4) is 0 Å². The highest BCUT2D eigenvalue weighted by molar-refractivity contribution is 5.91. The van der Waals surface area contributed by atoms with E-state index in [4.69, 9.17) is 4.74 Å². The molecule has 144 valence electrons. The van der Waals surface area contributed by atoms with Crippen molar-refractivity contribution in [2.24, 2.45) is 0 Å². The fraction of sp³-hybridized carbons (Fsp3) is 0.450. The van der Waals surface area contributed by atoms with E-state index in [1.807, 2.05) is 26.0 Å². The van der Waals surface area contributed by atoms with Crippen LogP contribution in [0.1, 0.15) is 43.7 Å². The van der Waals surface area contributed by atoms with Crippen molar-refractivity contribution < 1.29 is 9.53 Å². The van der Waals surface area contributed by atoms with E-state index in [1.54, 1.807) is 0 Å². The van der Waals surface area contributed by atoms with Crippen LogP contribution in [-0.4, -0.2) is 28.8 Å². The van der Waals surface area contributed by atoms with Gasteiger partial charge < -0.3 is 15.0 Å². The van der Waals surface area contributed by atoms with Gasteiger partial charge in [-0.25, -0.2) is 4.68 Å². The normalized spacial score (nSPS) is 15.5. The van der Waals surface area contributed by atoms with Crippen LogP contribution in [0, 0.1) is 6.92 Å². The lowest BCUT2D eigenvalue weighted by molar-refractivity contribution is -0.117. The third-order valence-corrected chi connectivity index (χ3v) is 4.89. The van der Waals surface area contributed by atoms with Gasteiger partial charge in [0.2, 0.25) is 5.91 Å². The van der Waals surface area contributed by atoms with E-state index in [-0.39, 0.29) is 24.1 Å². The Bertz CT molecular complexity index is 903. The molecule has 2 aromatic rings. The number of aryl methyl sites for hydroxylation is 1. The lowest BCUT2D eigenvalue weighted by atomic mass is 10.1. The van der Waals surface area contributed by atoms with E-state index in [0.717, 1.165) is 41.3 Å². The van der Waals surface area contributed by atoms with Gasteiger partial charge in [-0.15, -0.1) is 0 Å². The number of rotatable bonds is 6. The molecule has 1 aliphatic heterocycles. The van der Waals surface area contributed by atoms with E-state index in [9.17, 15) is 9.59 Å². The Kier molecular flexibility index (Phi) is 5.60. The van der Waals surface area contributed by atoms with E-state index >= 15 is 0 Å². The third-order valence-electron chi connectivity index (χ3n) is 4.89. The van der Waals surface area contributed by atoms with E-state index in [2.05, 4.69) is 35.2 Å². The van der Waals surface area contributed by atoms with Crippen LogP contribution in [0.15, 0.2) is 29.1 Å². The summed E-state index contributed by atoms with van der Waals surface area (Å²) in [6.45, 7) is 10.2. The standard InChI is InChI=1S/C20H26N4O3/c1-5-23(6-2)16-7-8-17(13(3)9-16)21-18(25)11-24-19(26)10-15-12-27-14(4)20(15)22-24/h7-10,14H,5-6,11-12H2,1-4H3,(H,21,25)/t14-/m0/s1. The van der Waals surface area contributed by atoms with Crippen LogP contribution >= 0.6 is 0 Å². The molecule has 0 unspecified atom stereocenters. The van der Waals surface area contributed by atoms with E-state index in [1.165, 1.54) is 10.7 Å². The first-order valence-corrected chi connectivity index (χ1v) is 9.30. The first-order valence-electron chi connectivity index (χ1n) is 9.30. The van der Waals surface area contributed by atoms with Crippen molar-refractivity contribution in [1.29, 1.82) is 0 Å². The molecule has 2 heterocycles. The second-order valence-electron chi connectivity index (χ2n) is 6.72. The van der Waals surface area contributed by atoms with Gasteiger partial charge in [0.1, 0.15) is 6.54 Å². The number of ether oxygens (including phenoxy) is 1. The van der Waals surface area contributed by atoms with Gasteiger partial charge in [0.25, 0.3) is 5.56 Å². The SMILES string of the molecule is CCN(CC)c1ccc(NC(=O)Cn2nc3c(cc2=O)CO[C@H]3C)c(C)c1. The number of carbonyl (C=O) groups excluding carboxylic acids is 1. The first-order chi connectivity index (χ1) is 12.9. The van der Waals surface area contributed by atoms with Gasteiger partial charge >= 0.3 is 0 Å². The Morgan fingerprint density at radius 3 is 2.74 bits per heavy atom. The third kappa shape index (κ3) is 4.03. The predicted octanol–water partition coefficient (Wildman–Crippen LogP) is 2.63. The number of hydrogen-bond donors (Lipinski definition) is 1. The number of anilines is 2. The number of nitrogens with one attached hydrogen (secondary N) is 1. The van der Waals surface area contributed by atoms with E-state index < -0.39 is 0 Å². The summed E-state index contributed by atoms with van der Waals surface area (Å²) in [5.74, 6) is -0.283. The van der Waals surface area contributed by atoms with Crippen LogP contribution in [0.25, 0.3) is 0 Å². The van der Waals surface area contributed by atoms with Crippen molar-refractivity contribution >= 4 is 17.3 Å². The van der Waals surface area contributed by atoms with Gasteiger partial charge in [0.15, 0.2) is 0 Å². The number of fused-ring (bicyclic) bond motifs is 1. The molecule has 0 radical (unpaired) electrons. The van der Waals surface area contributed by atoms with Crippen molar-refractivity contribution in [2.75, 3.05) is 23.3 Å². The molecule has 1 aromatic carbocycles. The minimum Gasteiger partial charge on any atom is -0.372 e. The molecule has 0 fully saturated rings. The smallest absolute Gasteiger partial charge is 0.267 e. The quantitative estimate of drug-likeness (QED) is 0.846. The summed E-state index contributed by atoms with van der Waals surface area (Å²) in [6, 6.07) is 7.45. The van der Waals surface area contributed by atoms with Crippen LogP contribution in [-0.2, 0) is 22.7 Å². The molecule has 0 spiro atoms. The van der Waals surface area contributed by atoms with Gasteiger partial charge in [0.05, 0.1) is 18.4 Å². The fourth-order valence-corrected chi connectivity index (χ4v) is 3.31. The number of carbonyl (C=O) groups is 1. The summed E-state index contributed by atoms with van der Waals surface area (Å²) < 4.78 is 6.67. The molecule has 1 amide bonds. The maximum absolute atomic E-state index is 12.4. The molecular formula is C20H26N4O3. The van der Waals surface area contributed by atoms with Gasteiger partial charge in [-0.1, -0.05) is 0 Å². The number of hydrogen-bond acceptors (Lipinski definition) is 5. The zero-order valence-electron chi connectivity index (χ0n) is 16.3. The molecule has 0 aliphatic carbocycles. The Morgan fingerprint density at radius 2 is 2.07 bits per heavy atom. The molecule has 1 N–H and O–H groups in total. The average molecular weight is 370 g/mol. The Balaban J connectivity index is 1.73. The van der Waals surface area contributed by atoms with Crippen molar-refractivity contribution in [2.45, 2.75) is 47.0 Å². The topological polar surface area (TPSA) is 76.5 Å². The molecule has 3 rings (SSSR count). The summed E-state index contributed by atoms with van der Waals surface area (Å²) in [7, 11) is 0. The van der Waals surface area contributed by atoms with Gasteiger partial charge in [-0.3, -0.25) is 9.59 Å². The number of aromatic nitrogens is 2. The molecule has 27 heavy (non-hydrogen) atoms. The highest BCUT2D eigenvalue weighted by Gasteiger charge is 2.23. The van der Waals surface area contributed by atoms with Crippen LogP contribution < -0.4 is 15.8 Å². The highest BCUT2D eigenvalue weighted by atomic mass is 16.5. The lowest BCUT2D eigenvalue weighted by Crippen LogP contribution is -2.30. The summed E-state index contributed by atoms with van der Waals surface area (Å²) in [5, 5.41) is 7.19. The second-order valence-corrected chi connectivity index (χ2v) is 6.72. The minimum absolute atomic E-state index is 0.129. The minimum atomic E-state index is -0.296. The predicted molar refractivity (Wildman–Crippen MR) is 105 cm³/mol. The van der Waals surface area contributed by atoms with Crippen molar-refractivity contribution in [1.82, 2.24) is 9.78 Å². The van der Waals surface area contributed by atoms with Crippen molar-refractivity contribution in [3.05, 3.63) is 51.4 Å². The fourth-order valence-electron chi connectivity index (χ4n) is 3.31. The van der Waals surface area contributed by atoms with Crippen molar-refractivity contribution in [3.63, 3.8) is 0 Å². The Labute approximate surface area is 158 Å². The lowest BCUT2D eigenvalue weighted by Gasteiger charge is -2.22. The molecule has 0 saturated carbocycles. The molecule has 1 aliphatic rings. The molecule has 1 atom stereocenters. The summed E-state index contributed by atoms with van der Waals surface area (Å²) >= 11 is 0. The Morgan fingerprint density at radius 1 is 1.33 bits per heavy atom. The van der Waals surface area contributed by atoms with Crippen LogP contribution in [0.5, 0.6) is 0 Å². The zero-order valence-corrected chi connectivity index (χ0v) is 16.3. The number of amides is 1. The molecule has 0 bridgehead atoms.